The summed E-state index contributed by atoms with van der Waals surface area (Å²) < 4.78 is 27.7. The van der Waals surface area contributed by atoms with E-state index < -0.39 is 23.8 Å². The molecule has 1 aromatic carbocycles. The summed E-state index contributed by atoms with van der Waals surface area (Å²) in [5.41, 5.74) is 0.422. The number of likely N-dealkylation sites (tertiary alicyclic amines) is 1. The first-order chi connectivity index (χ1) is 11.3. The van der Waals surface area contributed by atoms with Gasteiger partial charge in [-0.1, -0.05) is 13.8 Å². The fraction of sp³-hybridized carbons (Fsp3) is 0.632. The molecular formula is C19H25F2NO2. The van der Waals surface area contributed by atoms with Crippen LogP contribution in [0.25, 0.3) is 0 Å². The average molecular weight is 337 g/mol. The van der Waals surface area contributed by atoms with Gasteiger partial charge in [0, 0.05) is 18.0 Å². The zero-order valence-corrected chi connectivity index (χ0v) is 14.3. The number of nitrogens with zero attached hydrogens (tertiary/aromatic N) is 1. The molecule has 1 amide bonds. The molecule has 1 aromatic rings. The molecular weight excluding hydrogens is 312 g/mol. The first-order valence-electron chi connectivity index (χ1n) is 8.70. The number of aliphatic hydroxyl groups excluding tert-OH is 1. The van der Waals surface area contributed by atoms with Gasteiger partial charge in [0.05, 0.1) is 12.1 Å². The van der Waals surface area contributed by atoms with E-state index in [2.05, 4.69) is 13.8 Å². The Morgan fingerprint density at radius 1 is 1.25 bits per heavy atom. The summed E-state index contributed by atoms with van der Waals surface area (Å²) in [4.78, 5) is 14.5. The highest BCUT2D eigenvalue weighted by Gasteiger charge is 2.41. The van der Waals surface area contributed by atoms with Gasteiger partial charge < -0.3 is 10.0 Å². The van der Waals surface area contributed by atoms with E-state index in [4.69, 9.17) is 0 Å². The van der Waals surface area contributed by atoms with Crippen molar-refractivity contribution in [2.24, 2.45) is 11.3 Å². The second-order valence-corrected chi connectivity index (χ2v) is 8.00. The SMILES string of the molecule is CC1(C)CCC(C(=O)N2CC(O)CC2c2cc(F)ccc2F)CC1. The average Bonchev–Trinajstić information content (AvgIpc) is 2.91. The molecule has 3 rings (SSSR count). The molecule has 2 aliphatic rings. The second-order valence-electron chi connectivity index (χ2n) is 8.00. The minimum atomic E-state index is -0.693. The molecule has 24 heavy (non-hydrogen) atoms. The molecule has 132 valence electrons. The highest BCUT2D eigenvalue weighted by atomic mass is 19.1. The number of aliphatic hydroxyl groups is 1. The Morgan fingerprint density at radius 3 is 2.58 bits per heavy atom. The van der Waals surface area contributed by atoms with Crippen molar-refractivity contribution in [3.05, 3.63) is 35.4 Å². The van der Waals surface area contributed by atoms with Crippen molar-refractivity contribution in [3.8, 4) is 0 Å². The van der Waals surface area contributed by atoms with Crippen molar-refractivity contribution in [3.63, 3.8) is 0 Å². The van der Waals surface area contributed by atoms with E-state index in [1.54, 1.807) is 4.90 Å². The molecule has 3 nitrogen and oxygen atoms in total. The van der Waals surface area contributed by atoms with Gasteiger partial charge in [0.25, 0.3) is 0 Å². The lowest BCUT2D eigenvalue weighted by atomic mass is 9.73. The smallest absolute Gasteiger partial charge is 0.226 e. The van der Waals surface area contributed by atoms with Crippen LogP contribution in [0.4, 0.5) is 8.78 Å². The molecule has 1 aliphatic heterocycles. The molecule has 2 unspecified atom stereocenters. The molecule has 1 saturated carbocycles. The molecule has 1 aliphatic carbocycles. The van der Waals surface area contributed by atoms with Crippen molar-refractivity contribution in [1.82, 2.24) is 4.90 Å². The van der Waals surface area contributed by atoms with Gasteiger partial charge in [-0.25, -0.2) is 8.78 Å². The van der Waals surface area contributed by atoms with E-state index in [0.717, 1.165) is 43.9 Å². The van der Waals surface area contributed by atoms with Crippen LogP contribution >= 0.6 is 0 Å². The topological polar surface area (TPSA) is 40.5 Å². The van der Waals surface area contributed by atoms with E-state index in [0.29, 0.717) is 0 Å². The summed E-state index contributed by atoms with van der Waals surface area (Å²) in [5.74, 6) is -1.17. The number of halogens is 2. The van der Waals surface area contributed by atoms with Gasteiger partial charge in [-0.2, -0.15) is 0 Å². The van der Waals surface area contributed by atoms with E-state index in [1.165, 1.54) is 0 Å². The quantitative estimate of drug-likeness (QED) is 0.891. The summed E-state index contributed by atoms with van der Waals surface area (Å²) in [6, 6.07) is 2.71. The van der Waals surface area contributed by atoms with Gasteiger partial charge in [-0.15, -0.1) is 0 Å². The minimum Gasteiger partial charge on any atom is -0.391 e. The van der Waals surface area contributed by atoms with Crippen molar-refractivity contribution in [2.45, 2.75) is 58.1 Å². The van der Waals surface area contributed by atoms with Crippen LogP contribution in [0, 0.1) is 23.0 Å². The maximum atomic E-state index is 14.1. The summed E-state index contributed by atoms with van der Waals surface area (Å²) >= 11 is 0. The molecule has 0 spiro atoms. The Kier molecular flexibility index (Phi) is 4.65. The molecule has 1 saturated heterocycles. The van der Waals surface area contributed by atoms with Crippen molar-refractivity contribution in [1.29, 1.82) is 0 Å². The van der Waals surface area contributed by atoms with Crippen LogP contribution in [0.15, 0.2) is 18.2 Å². The van der Waals surface area contributed by atoms with Gasteiger partial charge in [0.15, 0.2) is 0 Å². The van der Waals surface area contributed by atoms with Crippen LogP contribution in [0.5, 0.6) is 0 Å². The zero-order valence-electron chi connectivity index (χ0n) is 14.3. The highest BCUT2D eigenvalue weighted by molar-refractivity contribution is 5.80. The molecule has 0 aromatic heterocycles. The molecule has 0 radical (unpaired) electrons. The predicted octanol–water partition coefficient (Wildman–Crippen LogP) is 3.82. The van der Waals surface area contributed by atoms with E-state index >= 15 is 0 Å². The largest absolute Gasteiger partial charge is 0.391 e. The third-order valence-corrected chi connectivity index (χ3v) is 5.57. The molecule has 0 bridgehead atoms. The van der Waals surface area contributed by atoms with Gasteiger partial charge in [0.1, 0.15) is 11.6 Å². The number of carbonyl (C=O) groups is 1. The van der Waals surface area contributed by atoms with Gasteiger partial charge in [0.2, 0.25) is 5.91 Å². The van der Waals surface area contributed by atoms with Crippen molar-refractivity contribution in [2.75, 3.05) is 6.54 Å². The third kappa shape index (κ3) is 3.46. The Bertz CT molecular complexity index is 622. The van der Waals surface area contributed by atoms with Crippen molar-refractivity contribution >= 4 is 5.91 Å². The first kappa shape index (κ1) is 17.3. The van der Waals surface area contributed by atoms with Gasteiger partial charge >= 0.3 is 0 Å². The lowest BCUT2D eigenvalue weighted by Gasteiger charge is -2.36. The normalized spacial score (nSPS) is 27.5. The van der Waals surface area contributed by atoms with E-state index in [1.807, 2.05) is 0 Å². The monoisotopic (exact) mass is 337 g/mol. The lowest BCUT2D eigenvalue weighted by molar-refractivity contribution is -0.138. The van der Waals surface area contributed by atoms with E-state index in [-0.39, 0.29) is 35.8 Å². The van der Waals surface area contributed by atoms with Gasteiger partial charge in [-0.05, 0) is 55.7 Å². The Labute approximate surface area is 141 Å². The maximum absolute atomic E-state index is 14.1. The van der Waals surface area contributed by atoms with E-state index in [9.17, 15) is 18.7 Å². The second kappa shape index (κ2) is 6.43. The number of hydrogen-bond acceptors (Lipinski definition) is 2. The Balaban J connectivity index is 1.80. The summed E-state index contributed by atoms with van der Waals surface area (Å²) in [7, 11) is 0. The predicted molar refractivity (Wildman–Crippen MR) is 87.2 cm³/mol. The number of rotatable bonds is 2. The van der Waals surface area contributed by atoms with Crippen LogP contribution in [0.2, 0.25) is 0 Å². The summed E-state index contributed by atoms with van der Waals surface area (Å²) in [6.07, 6.45) is 3.16. The fourth-order valence-electron chi connectivity index (χ4n) is 4.00. The summed E-state index contributed by atoms with van der Waals surface area (Å²) in [5, 5.41) is 10.0. The highest BCUT2D eigenvalue weighted by Crippen LogP contribution is 2.41. The molecule has 2 fully saturated rings. The zero-order chi connectivity index (χ0) is 17.5. The summed E-state index contributed by atoms with van der Waals surface area (Å²) in [6.45, 7) is 4.61. The standard InChI is InChI=1S/C19H25F2NO2/c1-19(2)7-5-12(6-8-19)18(24)22-11-14(23)10-17(22)15-9-13(20)3-4-16(15)21/h3-4,9,12,14,17,23H,5-8,10-11H2,1-2H3. The van der Waals surface area contributed by atoms with Crippen LogP contribution in [0.3, 0.4) is 0 Å². The van der Waals surface area contributed by atoms with Crippen LogP contribution < -0.4 is 0 Å². The van der Waals surface area contributed by atoms with Gasteiger partial charge in [-0.3, -0.25) is 4.79 Å². The fourth-order valence-corrected chi connectivity index (χ4v) is 4.00. The number of β-amino-alcohol motifs (C(OH)–C–C–N with tert-alkyl or cyclic N) is 1. The number of amides is 1. The van der Waals surface area contributed by atoms with Crippen molar-refractivity contribution < 1.29 is 18.7 Å². The third-order valence-electron chi connectivity index (χ3n) is 5.57. The minimum absolute atomic E-state index is 0.0317. The molecule has 5 heteroatoms. The molecule has 1 heterocycles. The van der Waals surface area contributed by atoms with Crippen LogP contribution in [0.1, 0.15) is 57.6 Å². The Morgan fingerprint density at radius 2 is 1.92 bits per heavy atom. The maximum Gasteiger partial charge on any atom is 0.226 e. The van der Waals surface area contributed by atoms with Crippen LogP contribution in [-0.2, 0) is 4.79 Å². The molecule has 1 N–H and O–H groups in total. The lowest BCUT2D eigenvalue weighted by Crippen LogP contribution is -2.39. The first-order valence-corrected chi connectivity index (χ1v) is 8.70. The number of carbonyl (C=O) groups excluding carboxylic acids is 1. The number of hydrogen-bond donors (Lipinski definition) is 1. The molecule has 2 atom stereocenters. The van der Waals surface area contributed by atoms with Crippen LogP contribution in [-0.4, -0.2) is 28.6 Å². The Hall–Kier alpha value is -1.49. The number of benzene rings is 1.